The van der Waals surface area contributed by atoms with E-state index in [1.165, 1.54) is 0 Å². The lowest BCUT2D eigenvalue weighted by Crippen LogP contribution is -2.31. The minimum absolute atomic E-state index is 0.572. The Kier molecular flexibility index (Phi) is 5.72. The van der Waals surface area contributed by atoms with Gasteiger partial charge in [-0.3, -0.25) is 0 Å². The smallest absolute Gasteiger partial charge is 0.170 e. The van der Waals surface area contributed by atoms with E-state index in [-0.39, 0.29) is 0 Å². The van der Waals surface area contributed by atoms with Crippen LogP contribution in [-0.2, 0) is 0 Å². The molecule has 1 rings (SSSR count). The second-order valence-corrected chi connectivity index (χ2v) is 5.94. The average Bonchev–Trinajstić information content (AvgIpc) is 2.21. The summed E-state index contributed by atoms with van der Waals surface area (Å²) in [5, 5.41) is 6.96. The lowest BCUT2D eigenvalue weighted by molar-refractivity contribution is 0.627. The predicted molar refractivity (Wildman–Crippen MR) is 80.9 cm³/mol. The van der Waals surface area contributed by atoms with Crippen molar-refractivity contribution in [1.29, 1.82) is 0 Å². The SMILES string of the molecule is CC(C)CNC(=S)Nc1c(Br)cccc1Br. The van der Waals surface area contributed by atoms with Crippen molar-refractivity contribution in [1.82, 2.24) is 5.32 Å². The number of thiocarbonyl (C=S) groups is 1. The quantitative estimate of drug-likeness (QED) is 0.786. The molecule has 0 unspecified atom stereocenters. The van der Waals surface area contributed by atoms with Gasteiger partial charge in [0.15, 0.2) is 5.11 Å². The maximum atomic E-state index is 5.21. The number of benzene rings is 1. The maximum absolute atomic E-state index is 5.21. The lowest BCUT2D eigenvalue weighted by atomic mass is 10.2. The molecule has 0 saturated heterocycles. The van der Waals surface area contributed by atoms with Gasteiger partial charge in [0.25, 0.3) is 0 Å². The highest BCUT2D eigenvalue weighted by Crippen LogP contribution is 2.30. The zero-order valence-electron chi connectivity index (χ0n) is 9.18. The summed E-state index contributed by atoms with van der Waals surface area (Å²) < 4.78 is 1.96. The van der Waals surface area contributed by atoms with Gasteiger partial charge in [-0.05, 0) is 62.1 Å². The van der Waals surface area contributed by atoms with Crippen LogP contribution in [0.1, 0.15) is 13.8 Å². The Labute approximate surface area is 118 Å². The van der Waals surface area contributed by atoms with Crippen LogP contribution in [0, 0.1) is 5.92 Å². The second kappa shape index (κ2) is 6.57. The summed E-state index contributed by atoms with van der Waals surface area (Å²) in [5.74, 6) is 0.572. The monoisotopic (exact) mass is 364 g/mol. The van der Waals surface area contributed by atoms with Gasteiger partial charge in [-0.2, -0.15) is 0 Å². The lowest BCUT2D eigenvalue weighted by Gasteiger charge is -2.14. The Morgan fingerprint density at radius 3 is 2.38 bits per heavy atom. The number of halogens is 2. The Bertz CT molecular complexity index is 360. The van der Waals surface area contributed by atoms with Crippen LogP contribution in [0.3, 0.4) is 0 Å². The molecule has 1 aromatic rings. The minimum Gasteiger partial charge on any atom is -0.362 e. The first-order valence-electron chi connectivity index (χ1n) is 4.99. The van der Waals surface area contributed by atoms with Gasteiger partial charge in [0.05, 0.1) is 5.69 Å². The van der Waals surface area contributed by atoms with Gasteiger partial charge in [-0.1, -0.05) is 19.9 Å². The highest BCUT2D eigenvalue weighted by Gasteiger charge is 2.06. The molecule has 0 saturated carbocycles. The van der Waals surface area contributed by atoms with Gasteiger partial charge in [-0.15, -0.1) is 0 Å². The molecule has 1 aromatic carbocycles. The van der Waals surface area contributed by atoms with Crippen LogP contribution in [0.2, 0.25) is 0 Å². The van der Waals surface area contributed by atoms with E-state index in [9.17, 15) is 0 Å². The molecule has 2 N–H and O–H groups in total. The molecule has 0 spiro atoms. The molecule has 88 valence electrons. The van der Waals surface area contributed by atoms with E-state index in [0.29, 0.717) is 11.0 Å². The van der Waals surface area contributed by atoms with E-state index >= 15 is 0 Å². The molecule has 0 aliphatic carbocycles. The van der Waals surface area contributed by atoms with Crippen molar-refractivity contribution >= 4 is 54.9 Å². The first-order chi connectivity index (χ1) is 7.50. The van der Waals surface area contributed by atoms with Crippen LogP contribution in [0.15, 0.2) is 27.1 Å². The largest absolute Gasteiger partial charge is 0.362 e. The molecule has 0 amide bonds. The third kappa shape index (κ3) is 4.39. The zero-order chi connectivity index (χ0) is 12.1. The fraction of sp³-hybridized carbons (Fsp3) is 0.364. The fourth-order valence-corrected chi connectivity index (χ4v) is 2.45. The number of rotatable bonds is 3. The summed E-state index contributed by atoms with van der Waals surface area (Å²) in [6.45, 7) is 5.15. The standard InChI is InChI=1S/C11H14Br2N2S/c1-7(2)6-14-11(16)15-10-8(12)4-3-5-9(10)13/h3-5,7H,6H2,1-2H3,(H2,14,15,16). The third-order valence-electron chi connectivity index (χ3n) is 1.87. The summed E-state index contributed by atoms with van der Waals surface area (Å²) in [6, 6.07) is 5.90. The van der Waals surface area contributed by atoms with Gasteiger partial charge >= 0.3 is 0 Å². The molecule has 2 nitrogen and oxygen atoms in total. The van der Waals surface area contributed by atoms with Crippen LogP contribution in [-0.4, -0.2) is 11.7 Å². The van der Waals surface area contributed by atoms with Gasteiger partial charge in [0, 0.05) is 15.5 Å². The highest BCUT2D eigenvalue weighted by molar-refractivity contribution is 9.11. The van der Waals surface area contributed by atoms with E-state index in [0.717, 1.165) is 21.2 Å². The zero-order valence-corrected chi connectivity index (χ0v) is 13.2. The van der Waals surface area contributed by atoms with Crippen molar-refractivity contribution in [3.63, 3.8) is 0 Å². The summed E-state index contributed by atoms with van der Waals surface area (Å²) >= 11 is 12.2. The van der Waals surface area contributed by atoms with Crippen LogP contribution in [0.4, 0.5) is 5.69 Å². The normalized spacial score (nSPS) is 10.3. The van der Waals surface area contributed by atoms with Crippen molar-refractivity contribution in [2.45, 2.75) is 13.8 Å². The van der Waals surface area contributed by atoms with E-state index in [4.69, 9.17) is 12.2 Å². The van der Waals surface area contributed by atoms with Crippen molar-refractivity contribution in [3.8, 4) is 0 Å². The number of hydrogen-bond acceptors (Lipinski definition) is 1. The summed E-state index contributed by atoms with van der Waals surface area (Å²) in [4.78, 5) is 0. The topological polar surface area (TPSA) is 24.1 Å². The van der Waals surface area contributed by atoms with Crippen molar-refractivity contribution in [3.05, 3.63) is 27.1 Å². The fourth-order valence-electron chi connectivity index (χ4n) is 1.07. The molecule has 0 heterocycles. The number of para-hydroxylation sites is 1. The molecule has 0 aromatic heterocycles. The van der Waals surface area contributed by atoms with E-state index in [1.54, 1.807) is 0 Å². The first-order valence-corrected chi connectivity index (χ1v) is 6.99. The molecule has 5 heteroatoms. The molecule has 0 atom stereocenters. The maximum Gasteiger partial charge on any atom is 0.170 e. The molecular weight excluding hydrogens is 352 g/mol. The minimum atomic E-state index is 0.572. The average molecular weight is 366 g/mol. The van der Waals surface area contributed by atoms with Gasteiger partial charge < -0.3 is 10.6 Å². The molecule has 0 aliphatic heterocycles. The predicted octanol–water partition coefficient (Wildman–Crippen LogP) is 4.15. The molecule has 0 aliphatic rings. The van der Waals surface area contributed by atoms with Crippen LogP contribution in [0.5, 0.6) is 0 Å². The molecule has 0 radical (unpaired) electrons. The highest BCUT2D eigenvalue weighted by atomic mass is 79.9. The summed E-state index contributed by atoms with van der Waals surface area (Å²) in [5.41, 5.74) is 0.948. The van der Waals surface area contributed by atoms with Crippen LogP contribution >= 0.6 is 44.1 Å². The first kappa shape index (κ1) is 13.9. The van der Waals surface area contributed by atoms with E-state index in [2.05, 4.69) is 56.3 Å². The Balaban J connectivity index is 2.63. The van der Waals surface area contributed by atoms with Crippen LogP contribution in [0.25, 0.3) is 0 Å². The number of nitrogens with one attached hydrogen (secondary N) is 2. The van der Waals surface area contributed by atoms with Crippen molar-refractivity contribution < 1.29 is 0 Å². The molecule has 0 fully saturated rings. The summed E-state index contributed by atoms with van der Waals surface area (Å²) in [6.07, 6.45) is 0. The third-order valence-corrected chi connectivity index (χ3v) is 3.44. The number of anilines is 1. The van der Waals surface area contributed by atoms with E-state index < -0.39 is 0 Å². The van der Waals surface area contributed by atoms with Crippen molar-refractivity contribution in [2.75, 3.05) is 11.9 Å². The second-order valence-electron chi connectivity index (χ2n) is 3.83. The Morgan fingerprint density at radius 1 is 1.31 bits per heavy atom. The summed E-state index contributed by atoms with van der Waals surface area (Å²) in [7, 11) is 0. The Hall–Kier alpha value is -0.130. The van der Waals surface area contributed by atoms with Gasteiger partial charge in [0.1, 0.15) is 0 Å². The molecular formula is C11H14Br2N2S. The van der Waals surface area contributed by atoms with Gasteiger partial charge in [-0.25, -0.2) is 0 Å². The Morgan fingerprint density at radius 2 is 1.88 bits per heavy atom. The van der Waals surface area contributed by atoms with Crippen molar-refractivity contribution in [2.24, 2.45) is 5.92 Å². The molecule has 0 bridgehead atoms. The molecule has 16 heavy (non-hydrogen) atoms. The number of hydrogen-bond donors (Lipinski definition) is 2. The van der Waals surface area contributed by atoms with Crippen LogP contribution < -0.4 is 10.6 Å². The van der Waals surface area contributed by atoms with E-state index in [1.807, 2.05) is 18.2 Å². The van der Waals surface area contributed by atoms with Gasteiger partial charge in [0.2, 0.25) is 0 Å².